The first-order valence-corrected chi connectivity index (χ1v) is 11.6. The van der Waals surface area contributed by atoms with Crippen molar-refractivity contribution < 1.29 is 34.1 Å². The Balaban J connectivity index is 1.83. The van der Waals surface area contributed by atoms with Crippen LogP contribution in [0.4, 0.5) is 15.3 Å². The molecule has 1 aromatic rings. The molecule has 0 spiro atoms. The third-order valence-corrected chi connectivity index (χ3v) is 5.20. The van der Waals surface area contributed by atoms with Crippen LogP contribution in [-0.4, -0.2) is 64.7 Å². The Morgan fingerprint density at radius 1 is 1.11 bits per heavy atom. The highest BCUT2D eigenvalue weighted by molar-refractivity contribution is 6.18. The number of nitrogens with one attached hydrogen (secondary N) is 3. The van der Waals surface area contributed by atoms with E-state index in [1.54, 1.807) is 31.3 Å². The number of carboxylic acids is 2. The number of rotatable bonds is 12. The summed E-state index contributed by atoms with van der Waals surface area (Å²) in [5.74, 6) is -2.00. The van der Waals surface area contributed by atoms with Gasteiger partial charge >= 0.3 is 24.1 Å². The average molecular weight is 521 g/mol. The number of hydrogen-bond donors (Lipinski definition) is 5. The SMILES string of the molecule is CN(C(=O)OCc1ccc(NC(=O)NC(CCC(=O)O)C(=O)O)cc1)C1=CCC=C(NCCCl)C=C1. The Bertz CT molecular complexity index is 1040. The lowest BCUT2D eigenvalue weighted by molar-refractivity contribution is -0.140. The molecule has 3 amide bonds. The topological polar surface area (TPSA) is 157 Å². The molecule has 1 aromatic carbocycles. The summed E-state index contributed by atoms with van der Waals surface area (Å²) in [4.78, 5) is 47.8. The molecule has 0 heterocycles. The van der Waals surface area contributed by atoms with E-state index in [0.29, 0.717) is 35.8 Å². The van der Waals surface area contributed by atoms with Gasteiger partial charge in [-0.25, -0.2) is 14.4 Å². The number of likely N-dealkylation sites (N-methyl/N-ethyl adjacent to an activating group) is 1. The highest BCUT2D eigenvalue weighted by atomic mass is 35.5. The van der Waals surface area contributed by atoms with Crippen molar-refractivity contribution >= 4 is 41.4 Å². The van der Waals surface area contributed by atoms with Crippen molar-refractivity contribution in [2.45, 2.75) is 31.9 Å². The minimum absolute atomic E-state index is 0.00367. The Hall–Kier alpha value is -3.99. The molecule has 12 heteroatoms. The minimum Gasteiger partial charge on any atom is -0.481 e. The van der Waals surface area contributed by atoms with Crippen LogP contribution in [0.3, 0.4) is 0 Å². The van der Waals surface area contributed by atoms with Crippen molar-refractivity contribution in [2.75, 3.05) is 24.8 Å². The molecule has 194 valence electrons. The molecule has 1 aliphatic carbocycles. The van der Waals surface area contributed by atoms with Gasteiger partial charge in [0.15, 0.2) is 0 Å². The first-order valence-electron chi connectivity index (χ1n) is 11.1. The number of ether oxygens (including phenoxy) is 1. The molecule has 0 saturated carbocycles. The number of carbonyl (C=O) groups is 4. The molecule has 0 saturated heterocycles. The number of alkyl halides is 1. The third kappa shape index (κ3) is 9.71. The molecular formula is C24H29ClN4O7. The lowest BCUT2D eigenvalue weighted by Gasteiger charge is -2.18. The van der Waals surface area contributed by atoms with E-state index in [-0.39, 0.29) is 13.0 Å². The van der Waals surface area contributed by atoms with Crippen molar-refractivity contribution in [3.63, 3.8) is 0 Å². The molecule has 0 radical (unpaired) electrons. The van der Waals surface area contributed by atoms with Gasteiger partial charge in [0.05, 0.1) is 0 Å². The van der Waals surface area contributed by atoms with Crippen molar-refractivity contribution in [1.82, 2.24) is 15.5 Å². The zero-order valence-electron chi connectivity index (χ0n) is 19.7. The Morgan fingerprint density at radius 3 is 2.47 bits per heavy atom. The lowest BCUT2D eigenvalue weighted by Crippen LogP contribution is -2.43. The van der Waals surface area contributed by atoms with E-state index in [1.165, 1.54) is 4.90 Å². The van der Waals surface area contributed by atoms with Gasteiger partial charge in [-0.15, -0.1) is 11.6 Å². The molecule has 1 atom stereocenters. The van der Waals surface area contributed by atoms with E-state index in [1.807, 2.05) is 24.3 Å². The van der Waals surface area contributed by atoms with Gasteiger partial charge in [-0.3, -0.25) is 9.69 Å². The first-order chi connectivity index (χ1) is 17.2. The molecule has 0 aromatic heterocycles. The number of hydrogen-bond acceptors (Lipinski definition) is 6. The molecule has 5 N–H and O–H groups in total. The molecule has 1 aliphatic rings. The van der Waals surface area contributed by atoms with Crippen LogP contribution < -0.4 is 16.0 Å². The van der Waals surface area contributed by atoms with Crippen LogP contribution in [0.15, 0.2) is 60.0 Å². The monoisotopic (exact) mass is 520 g/mol. The average Bonchev–Trinajstić information content (AvgIpc) is 3.09. The van der Waals surface area contributed by atoms with Crippen molar-refractivity contribution in [3.05, 3.63) is 65.5 Å². The summed E-state index contributed by atoms with van der Waals surface area (Å²) in [6.07, 6.45) is 7.03. The number of carboxylic acid groups (broad SMARTS) is 2. The summed E-state index contributed by atoms with van der Waals surface area (Å²) < 4.78 is 5.37. The summed E-state index contributed by atoms with van der Waals surface area (Å²) in [5.41, 5.74) is 2.66. The highest BCUT2D eigenvalue weighted by Gasteiger charge is 2.21. The zero-order chi connectivity index (χ0) is 26.5. The molecule has 2 rings (SSSR count). The Kier molecular flexibility index (Phi) is 11.3. The molecule has 11 nitrogen and oxygen atoms in total. The summed E-state index contributed by atoms with van der Waals surface area (Å²) >= 11 is 5.69. The van der Waals surface area contributed by atoms with Gasteiger partial charge < -0.3 is 30.9 Å². The summed E-state index contributed by atoms with van der Waals surface area (Å²) in [7, 11) is 1.61. The van der Waals surface area contributed by atoms with Gasteiger partial charge in [0.1, 0.15) is 12.6 Å². The number of carbonyl (C=O) groups excluding carboxylic acids is 2. The molecular weight excluding hydrogens is 492 g/mol. The Morgan fingerprint density at radius 2 is 1.83 bits per heavy atom. The van der Waals surface area contributed by atoms with Crippen LogP contribution >= 0.6 is 11.6 Å². The number of allylic oxidation sites excluding steroid dienone is 4. The van der Waals surface area contributed by atoms with Gasteiger partial charge in [-0.2, -0.15) is 0 Å². The maximum atomic E-state index is 12.5. The van der Waals surface area contributed by atoms with Crippen LogP contribution in [0.2, 0.25) is 0 Å². The third-order valence-electron chi connectivity index (χ3n) is 5.01. The minimum atomic E-state index is -1.33. The molecule has 36 heavy (non-hydrogen) atoms. The fourth-order valence-corrected chi connectivity index (χ4v) is 3.17. The lowest BCUT2D eigenvalue weighted by atomic mass is 10.1. The maximum absolute atomic E-state index is 12.5. The van der Waals surface area contributed by atoms with Gasteiger partial charge in [0.25, 0.3) is 0 Å². The molecule has 1 unspecified atom stereocenters. The quantitative estimate of drug-likeness (QED) is 0.263. The number of aliphatic carboxylic acids is 2. The second kappa shape index (κ2) is 14.4. The standard InChI is InChI=1S/C24H29ClN4O7/c1-29(19-4-2-3-17(9-10-19)26-14-13-25)24(35)36-15-16-5-7-18(8-6-16)27-23(34)28-20(22(32)33)11-12-21(30)31/h3-10,20,26H,2,11-15H2,1H3,(H,30,31)(H,32,33)(H2,27,28,34). The van der Waals surface area contributed by atoms with Crippen LogP contribution in [0.5, 0.6) is 0 Å². The van der Waals surface area contributed by atoms with Crippen molar-refractivity contribution in [3.8, 4) is 0 Å². The van der Waals surface area contributed by atoms with Crippen LogP contribution in [-0.2, 0) is 20.9 Å². The predicted molar refractivity (Wildman–Crippen MR) is 133 cm³/mol. The van der Waals surface area contributed by atoms with E-state index in [4.69, 9.17) is 26.6 Å². The number of benzene rings is 1. The van der Waals surface area contributed by atoms with E-state index in [0.717, 1.165) is 5.70 Å². The largest absolute Gasteiger partial charge is 0.481 e. The number of nitrogens with zero attached hydrogens (tertiary/aromatic N) is 1. The van der Waals surface area contributed by atoms with Crippen molar-refractivity contribution in [1.29, 1.82) is 0 Å². The van der Waals surface area contributed by atoms with Gasteiger partial charge in [0, 0.05) is 43.0 Å². The summed E-state index contributed by atoms with van der Waals surface area (Å²) in [6, 6.07) is 4.30. The van der Waals surface area contributed by atoms with Gasteiger partial charge in [-0.05, 0) is 42.7 Å². The predicted octanol–water partition coefficient (Wildman–Crippen LogP) is 3.25. The van der Waals surface area contributed by atoms with Gasteiger partial charge in [0.2, 0.25) is 0 Å². The van der Waals surface area contributed by atoms with Crippen molar-refractivity contribution in [2.24, 2.45) is 0 Å². The smallest absolute Gasteiger partial charge is 0.414 e. The van der Waals surface area contributed by atoms with Crippen LogP contribution in [0.25, 0.3) is 0 Å². The van der Waals surface area contributed by atoms with E-state index in [9.17, 15) is 19.2 Å². The van der Waals surface area contributed by atoms with Crippen LogP contribution in [0.1, 0.15) is 24.8 Å². The number of amides is 3. The summed E-state index contributed by atoms with van der Waals surface area (Å²) in [6.45, 7) is 0.642. The molecule has 0 aliphatic heterocycles. The Labute approximate surface area is 213 Å². The number of anilines is 1. The number of halogens is 1. The second-order valence-electron chi connectivity index (χ2n) is 7.71. The van der Waals surface area contributed by atoms with E-state index < -0.39 is 36.5 Å². The van der Waals surface area contributed by atoms with Crippen LogP contribution in [0, 0.1) is 0 Å². The van der Waals surface area contributed by atoms with Gasteiger partial charge in [-0.1, -0.05) is 24.3 Å². The summed E-state index contributed by atoms with van der Waals surface area (Å²) in [5, 5.41) is 25.7. The zero-order valence-corrected chi connectivity index (χ0v) is 20.5. The highest BCUT2D eigenvalue weighted by Crippen LogP contribution is 2.15. The maximum Gasteiger partial charge on any atom is 0.414 e. The normalized spacial score (nSPS) is 13.4. The fourth-order valence-electron chi connectivity index (χ4n) is 3.07. The number of urea groups is 1. The van der Waals surface area contributed by atoms with E-state index >= 15 is 0 Å². The van der Waals surface area contributed by atoms with E-state index in [2.05, 4.69) is 16.0 Å². The fraction of sp³-hybridized carbons (Fsp3) is 0.333. The molecule has 0 fully saturated rings. The molecule has 0 bridgehead atoms. The first kappa shape index (κ1) is 28.2. The second-order valence-corrected chi connectivity index (χ2v) is 8.08.